The fraction of sp³-hybridized carbons (Fsp3) is 0.917. The summed E-state index contributed by atoms with van der Waals surface area (Å²) >= 11 is 0. The Morgan fingerprint density at radius 1 is 1.21 bits per heavy atom. The lowest BCUT2D eigenvalue weighted by molar-refractivity contribution is 0.103. The molecule has 2 nitrogen and oxygen atoms in total. The van der Waals surface area contributed by atoms with Gasteiger partial charge in [0.05, 0.1) is 12.0 Å². The van der Waals surface area contributed by atoms with Crippen LogP contribution in [0.2, 0.25) is 0 Å². The second-order valence-corrected chi connectivity index (χ2v) is 5.26. The van der Waals surface area contributed by atoms with E-state index in [0.29, 0.717) is 0 Å². The molecule has 0 N–H and O–H groups in total. The van der Waals surface area contributed by atoms with Gasteiger partial charge in [-0.05, 0) is 33.1 Å². The van der Waals surface area contributed by atoms with E-state index in [1.54, 1.807) is 0 Å². The van der Waals surface area contributed by atoms with Crippen LogP contribution in [0.15, 0.2) is 0 Å². The summed E-state index contributed by atoms with van der Waals surface area (Å²) in [7, 11) is 0. The van der Waals surface area contributed by atoms with Crippen molar-refractivity contribution >= 4 is 0 Å². The molecule has 78 valence electrons. The Balaban J connectivity index is 2.10. The third kappa shape index (κ3) is 1.44. The summed E-state index contributed by atoms with van der Waals surface area (Å²) in [6.45, 7) is 5.62. The van der Waals surface area contributed by atoms with Gasteiger partial charge in [0.25, 0.3) is 0 Å². The van der Waals surface area contributed by atoms with Crippen LogP contribution in [-0.4, -0.2) is 23.0 Å². The molecule has 0 radical (unpaired) electrons. The molecule has 1 heterocycles. The van der Waals surface area contributed by atoms with Gasteiger partial charge in [-0.15, -0.1) is 0 Å². The average molecular weight is 192 g/mol. The van der Waals surface area contributed by atoms with Crippen molar-refractivity contribution < 1.29 is 0 Å². The Kier molecular flexibility index (Phi) is 2.53. The van der Waals surface area contributed by atoms with E-state index in [-0.39, 0.29) is 11.5 Å². The predicted molar refractivity (Wildman–Crippen MR) is 56.8 cm³/mol. The zero-order valence-electron chi connectivity index (χ0n) is 9.29. The minimum absolute atomic E-state index is 0.115. The normalized spacial score (nSPS) is 33.4. The molecule has 0 amide bonds. The van der Waals surface area contributed by atoms with E-state index in [4.69, 9.17) is 5.26 Å². The van der Waals surface area contributed by atoms with Gasteiger partial charge < -0.3 is 0 Å². The van der Waals surface area contributed by atoms with Crippen LogP contribution in [0.5, 0.6) is 0 Å². The minimum Gasteiger partial charge on any atom is -0.294 e. The molecule has 0 spiro atoms. The van der Waals surface area contributed by atoms with Crippen molar-refractivity contribution in [3.63, 3.8) is 0 Å². The topological polar surface area (TPSA) is 27.0 Å². The lowest BCUT2D eigenvalue weighted by atomic mass is 9.89. The molecule has 1 saturated heterocycles. The zero-order chi connectivity index (χ0) is 10.2. The average Bonchev–Trinajstić information content (AvgIpc) is 2.71. The summed E-state index contributed by atoms with van der Waals surface area (Å²) < 4.78 is 0. The Hall–Kier alpha value is -0.550. The monoisotopic (exact) mass is 192 g/mol. The van der Waals surface area contributed by atoms with E-state index >= 15 is 0 Å². The van der Waals surface area contributed by atoms with Crippen molar-refractivity contribution in [2.45, 2.75) is 57.5 Å². The Bertz CT molecular complexity index is 246. The number of hydrogen-bond donors (Lipinski definition) is 0. The molecule has 14 heavy (non-hydrogen) atoms. The number of nitrogens with zero attached hydrogens (tertiary/aromatic N) is 2. The molecule has 0 bridgehead atoms. The first-order chi connectivity index (χ1) is 6.66. The summed E-state index contributed by atoms with van der Waals surface area (Å²) in [6.07, 6.45) is 6.53. The Labute approximate surface area is 86.9 Å². The van der Waals surface area contributed by atoms with Gasteiger partial charge in [0, 0.05) is 18.1 Å². The van der Waals surface area contributed by atoms with E-state index < -0.39 is 0 Å². The van der Waals surface area contributed by atoms with Gasteiger partial charge in [-0.3, -0.25) is 4.90 Å². The van der Waals surface area contributed by atoms with Crippen LogP contribution in [0.25, 0.3) is 0 Å². The van der Waals surface area contributed by atoms with E-state index in [2.05, 4.69) is 24.8 Å². The van der Waals surface area contributed by atoms with E-state index in [1.807, 2.05) is 0 Å². The van der Waals surface area contributed by atoms with Crippen LogP contribution in [0.3, 0.4) is 0 Å². The van der Waals surface area contributed by atoms with Crippen molar-refractivity contribution in [2.24, 2.45) is 5.92 Å². The summed E-state index contributed by atoms with van der Waals surface area (Å²) in [5.41, 5.74) is 0.115. The van der Waals surface area contributed by atoms with Gasteiger partial charge >= 0.3 is 0 Å². The largest absolute Gasteiger partial charge is 0.294 e. The highest BCUT2D eigenvalue weighted by atomic mass is 15.2. The molecule has 2 rings (SSSR count). The van der Waals surface area contributed by atoms with Crippen LogP contribution in [-0.2, 0) is 0 Å². The van der Waals surface area contributed by atoms with Crippen molar-refractivity contribution in [3.8, 4) is 6.07 Å². The fourth-order valence-electron chi connectivity index (χ4n) is 3.20. The summed E-state index contributed by atoms with van der Waals surface area (Å²) in [5, 5.41) is 9.09. The summed E-state index contributed by atoms with van der Waals surface area (Å²) in [5.74, 6) is 0.239. The number of hydrogen-bond acceptors (Lipinski definition) is 2. The first kappa shape index (κ1) is 9.98. The van der Waals surface area contributed by atoms with Crippen molar-refractivity contribution in [1.29, 1.82) is 5.26 Å². The molecular formula is C12H20N2. The van der Waals surface area contributed by atoms with Gasteiger partial charge in [0.2, 0.25) is 0 Å². The van der Waals surface area contributed by atoms with Crippen LogP contribution < -0.4 is 0 Å². The van der Waals surface area contributed by atoms with Crippen molar-refractivity contribution in [2.75, 3.05) is 6.54 Å². The van der Waals surface area contributed by atoms with Crippen LogP contribution in [0.1, 0.15) is 46.0 Å². The van der Waals surface area contributed by atoms with Gasteiger partial charge in [-0.25, -0.2) is 0 Å². The molecule has 1 atom stereocenters. The highest BCUT2D eigenvalue weighted by Gasteiger charge is 2.44. The maximum atomic E-state index is 9.09. The number of likely N-dealkylation sites (tertiary alicyclic amines) is 1. The quantitative estimate of drug-likeness (QED) is 0.638. The first-order valence-electron chi connectivity index (χ1n) is 5.82. The highest BCUT2D eigenvalue weighted by molar-refractivity contribution is 5.07. The third-order valence-corrected chi connectivity index (χ3v) is 4.17. The predicted octanol–water partition coefficient (Wildman–Crippen LogP) is 2.55. The summed E-state index contributed by atoms with van der Waals surface area (Å²) in [4.78, 5) is 2.59. The maximum absolute atomic E-state index is 9.09. The van der Waals surface area contributed by atoms with Crippen LogP contribution >= 0.6 is 0 Å². The number of rotatable bonds is 1. The zero-order valence-corrected chi connectivity index (χ0v) is 9.29. The highest BCUT2D eigenvalue weighted by Crippen LogP contribution is 2.39. The molecule has 1 saturated carbocycles. The first-order valence-corrected chi connectivity index (χ1v) is 5.82. The van der Waals surface area contributed by atoms with Gasteiger partial charge in [-0.2, -0.15) is 5.26 Å². The van der Waals surface area contributed by atoms with E-state index in [9.17, 15) is 0 Å². The maximum Gasteiger partial charge on any atom is 0.0675 e. The second kappa shape index (κ2) is 3.55. The SMILES string of the molecule is CC1(C)C(C#N)CCN1C1CCCC1. The Morgan fingerprint density at radius 2 is 1.86 bits per heavy atom. The van der Waals surface area contributed by atoms with Gasteiger partial charge in [0.15, 0.2) is 0 Å². The van der Waals surface area contributed by atoms with Crippen molar-refractivity contribution in [1.82, 2.24) is 4.90 Å². The van der Waals surface area contributed by atoms with Crippen molar-refractivity contribution in [3.05, 3.63) is 0 Å². The molecule has 2 heteroatoms. The molecule has 2 aliphatic rings. The number of nitriles is 1. The smallest absolute Gasteiger partial charge is 0.0675 e. The standard InChI is InChI=1S/C12H20N2/c1-12(2)10(9-13)7-8-14(12)11-5-3-4-6-11/h10-11H,3-8H2,1-2H3. The minimum atomic E-state index is 0.115. The lowest BCUT2D eigenvalue weighted by Crippen LogP contribution is -2.47. The fourth-order valence-corrected chi connectivity index (χ4v) is 3.20. The Morgan fingerprint density at radius 3 is 2.36 bits per heavy atom. The van der Waals surface area contributed by atoms with E-state index in [1.165, 1.54) is 25.7 Å². The molecular weight excluding hydrogens is 172 g/mol. The van der Waals surface area contributed by atoms with Gasteiger partial charge in [0.1, 0.15) is 0 Å². The molecule has 1 unspecified atom stereocenters. The molecule has 0 aromatic heterocycles. The molecule has 0 aromatic rings. The van der Waals surface area contributed by atoms with Gasteiger partial charge in [-0.1, -0.05) is 12.8 Å². The molecule has 2 fully saturated rings. The molecule has 1 aliphatic heterocycles. The third-order valence-electron chi connectivity index (χ3n) is 4.17. The molecule has 1 aliphatic carbocycles. The second-order valence-electron chi connectivity index (χ2n) is 5.26. The van der Waals surface area contributed by atoms with E-state index in [0.717, 1.165) is 19.0 Å². The van der Waals surface area contributed by atoms with Crippen LogP contribution in [0.4, 0.5) is 0 Å². The summed E-state index contributed by atoms with van der Waals surface area (Å²) in [6, 6.07) is 3.23. The lowest BCUT2D eigenvalue weighted by Gasteiger charge is -2.38. The van der Waals surface area contributed by atoms with Crippen LogP contribution in [0, 0.1) is 17.2 Å². The molecule has 0 aromatic carbocycles.